The fourth-order valence-corrected chi connectivity index (χ4v) is 2.67. The molecule has 1 nitrogen and oxygen atoms in total. The second-order valence-electron chi connectivity index (χ2n) is 4.87. The van der Waals surface area contributed by atoms with Crippen LogP contribution in [-0.4, -0.2) is 12.1 Å². The SMILES string of the molecule is CCC(CC)N[C@H](C)C1CCCCC1. The highest BCUT2D eigenvalue weighted by atomic mass is 14.9. The van der Waals surface area contributed by atoms with E-state index in [0.29, 0.717) is 0 Å². The highest BCUT2D eigenvalue weighted by Gasteiger charge is 2.20. The van der Waals surface area contributed by atoms with E-state index in [1.54, 1.807) is 0 Å². The highest BCUT2D eigenvalue weighted by molar-refractivity contribution is 4.78. The fourth-order valence-electron chi connectivity index (χ4n) is 2.67. The zero-order valence-corrected chi connectivity index (χ0v) is 10.2. The molecule has 0 amide bonds. The summed E-state index contributed by atoms with van der Waals surface area (Å²) in [5.74, 6) is 0.948. The lowest BCUT2D eigenvalue weighted by molar-refractivity contribution is 0.259. The maximum atomic E-state index is 3.79. The van der Waals surface area contributed by atoms with Gasteiger partial charge in [-0.25, -0.2) is 0 Å². The average molecular weight is 197 g/mol. The van der Waals surface area contributed by atoms with Crippen LogP contribution in [0.3, 0.4) is 0 Å². The van der Waals surface area contributed by atoms with Crippen LogP contribution in [0, 0.1) is 5.92 Å². The van der Waals surface area contributed by atoms with Crippen molar-refractivity contribution in [3.63, 3.8) is 0 Å². The molecule has 0 heterocycles. The lowest BCUT2D eigenvalue weighted by Gasteiger charge is -2.31. The summed E-state index contributed by atoms with van der Waals surface area (Å²) in [4.78, 5) is 0. The third-order valence-electron chi connectivity index (χ3n) is 3.84. The van der Waals surface area contributed by atoms with E-state index in [-0.39, 0.29) is 0 Å². The standard InChI is InChI=1S/C13H27N/c1-4-13(5-2)14-11(3)12-9-7-6-8-10-12/h11-14H,4-10H2,1-3H3/t11-/m1/s1. The summed E-state index contributed by atoms with van der Waals surface area (Å²) < 4.78 is 0. The van der Waals surface area contributed by atoms with Crippen LogP contribution < -0.4 is 5.32 Å². The second-order valence-corrected chi connectivity index (χ2v) is 4.87. The Morgan fingerprint density at radius 2 is 1.64 bits per heavy atom. The Hall–Kier alpha value is -0.0400. The molecule has 84 valence electrons. The van der Waals surface area contributed by atoms with Gasteiger partial charge in [0.15, 0.2) is 0 Å². The molecule has 0 aromatic rings. The molecular formula is C13H27N. The van der Waals surface area contributed by atoms with Gasteiger partial charge in [0, 0.05) is 12.1 Å². The summed E-state index contributed by atoms with van der Waals surface area (Å²) in [7, 11) is 0. The molecule has 0 aliphatic heterocycles. The first-order valence-electron chi connectivity index (χ1n) is 6.54. The molecule has 1 fully saturated rings. The van der Waals surface area contributed by atoms with Crippen molar-refractivity contribution in [1.82, 2.24) is 5.32 Å². The molecule has 1 aliphatic carbocycles. The molecule has 0 aromatic carbocycles. The van der Waals surface area contributed by atoms with E-state index in [1.165, 1.54) is 44.9 Å². The Bertz CT molecular complexity index is 134. The van der Waals surface area contributed by atoms with E-state index in [1.807, 2.05) is 0 Å². The van der Waals surface area contributed by atoms with E-state index >= 15 is 0 Å². The van der Waals surface area contributed by atoms with Gasteiger partial charge in [-0.2, -0.15) is 0 Å². The minimum absolute atomic E-state index is 0.736. The minimum atomic E-state index is 0.736. The molecule has 0 aromatic heterocycles. The van der Waals surface area contributed by atoms with Crippen molar-refractivity contribution in [2.45, 2.75) is 77.8 Å². The van der Waals surface area contributed by atoms with Crippen LogP contribution in [0.5, 0.6) is 0 Å². The maximum absolute atomic E-state index is 3.79. The quantitative estimate of drug-likeness (QED) is 0.708. The van der Waals surface area contributed by atoms with Crippen molar-refractivity contribution in [3.05, 3.63) is 0 Å². The summed E-state index contributed by atoms with van der Waals surface area (Å²) in [6, 6.07) is 1.48. The Labute approximate surface area is 89.7 Å². The molecule has 1 rings (SSSR count). The van der Waals surface area contributed by atoms with Crippen molar-refractivity contribution >= 4 is 0 Å². The van der Waals surface area contributed by atoms with E-state index in [9.17, 15) is 0 Å². The van der Waals surface area contributed by atoms with Crippen LogP contribution in [0.2, 0.25) is 0 Å². The molecule has 0 unspecified atom stereocenters. The van der Waals surface area contributed by atoms with Crippen LogP contribution >= 0.6 is 0 Å². The van der Waals surface area contributed by atoms with E-state index in [2.05, 4.69) is 26.1 Å². The largest absolute Gasteiger partial charge is 0.311 e. The topological polar surface area (TPSA) is 12.0 Å². The van der Waals surface area contributed by atoms with Crippen LogP contribution in [-0.2, 0) is 0 Å². The number of nitrogens with one attached hydrogen (secondary N) is 1. The van der Waals surface area contributed by atoms with Gasteiger partial charge in [0.2, 0.25) is 0 Å². The van der Waals surface area contributed by atoms with Gasteiger partial charge in [0.25, 0.3) is 0 Å². The lowest BCUT2D eigenvalue weighted by atomic mass is 9.84. The van der Waals surface area contributed by atoms with Gasteiger partial charge in [-0.3, -0.25) is 0 Å². The van der Waals surface area contributed by atoms with Crippen molar-refractivity contribution in [3.8, 4) is 0 Å². The summed E-state index contributed by atoms with van der Waals surface area (Å²) in [5.41, 5.74) is 0. The molecule has 0 spiro atoms. The normalized spacial score (nSPS) is 21.4. The molecule has 1 aliphatic rings. The summed E-state index contributed by atoms with van der Waals surface area (Å²) in [5, 5.41) is 3.79. The van der Waals surface area contributed by atoms with Crippen LogP contribution in [0.1, 0.15) is 65.7 Å². The molecule has 1 heteroatoms. The molecule has 0 bridgehead atoms. The second kappa shape index (κ2) is 6.44. The van der Waals surface area contributed by atoms with Gasteiger partial charge in [-0.05, 0) is 38.5 Å². The number of hydrogen-bond donors (Lipinski definition) is 1. The van der Waals surface area contributed by atoms with Crippen molar-refractivity contribution in [2.75, 3.05) is 0 Å². The third-order valence-corrected chi connectivity index (χ3v) is 3.84. The van der Waals surface area contributed by atoms with Crippen molar-refractivity contribution in [2.24, 2.45) is 5.92 Å². The van der Waals surface area contributed by atoms with Crippen LogP contribution in [0.15, 0.2) is 0 Å². The van der Waals surface area contributed by atoms with Gasteiger partial charge in [-0.1, -0.05) is 33.1 Å². The van der Waals surface area contributed by atoms with Gasteiger partial charge in [-0.15, -0.1) is 0 Å². The average Bonchev–Trinajstić information content (AvgIpc) is 2.26. The van der Waals surface area contributed by atoms with Gasteiger partial charge in [0.05, 0.1) is 0 Å². The van der Waals surface area contributed by atoms with E-state index < -0.39 is 0 Å². The van der Waals surface area contributed by atoms with E-state index in [0.717, 1.165) is 18.0 Å². The first-order valence-corrected chi connectivity index (χ1v) is 6.54. The monoisotopic (exact) mass is 197 g/mol. The molecular weight excluding hydrogens is 170 g/mol. The fraction of sp³-hybridized carbons (Fsp3) is 1.00. The Morgan fingerprint density at radius 3 is 2.14 bits per heavy atom. The molecule has 14 heavy (non-hydrogen) atoms. The third kappa shape index (κ3) is 3.61. The summed E-state index contributed by atoms with van der Waals surface area (Å²) >= 11 is 0. The predicted octanol–water partition coefficient (Wildman–Crippen LogP) is 3.73. The Kier molecular flexibility index (Phi) is 5.54. The number of rotatable bonds is 5. The van der Waals surface area contributed by atoms with E-state index in [4.69, 9.17) is 0 Å². The first-order chi connectivity index (χ1) is 6.77. The van der Waals surface area contributed by atoms with Crippen LogP contribution in [0.25, 0.3) is 0 Å². The van der Waals surface area contributed by atoms with Crippen LogP contribution in [0.4, 0.5) is 0 Å². The first kappa shape index (κ1) is 12.0. The molecule has 1 saturated carbocycles. The molecule has 1 N–H and O–H groups in total. The lowest BCUT2D eigenvalue weighted by Crippen LogP contribution is -2.41. The van der Waals surface area contributed by atoms with Crippen molar-refractivity contribution < 1.29 is 0 Å². The van der Waals surface area contributed by atoms with Gasteiger partial charge >= 0.3 is 0 Å². The summed E-state index contributed by atoms with van der Waals surface area (Å²) in [6.07, 6.45) is 9.83. The van der Waals surface area contributed by atoms with Crippen molar-refractivity contribution in [1.29, 1.82) is 0 Å². The minimum Gasteiger partial charge on any atom is -0.311 e. The maximum Gasteiger partial charge on any atom is 0.00695 e. The Morgan fingerprint density at radius 1 is 1.07 bits per heavy atom. The van der Waals surface area contributed by atoms with Gasteiger partial charge in [0.1, 0.15) is 0 Å². The molecule has 0 saturated heterocycles. The smallest absolute Gasteiger partial charge is 0.00695 e. The predicted molar refractivity (Wildman–Crippen MR) is 63.5 cm³/mol. The Balaban J connectivity index is 2.27. The molecule has 0 radical (unpaired) electrons. The molecule has 1 atom stereocenters. The zero-order valence-electron chi connectivity index (χ0n) is 10.2. The number of hydrogen-bond acceptors (Lipinski definition) is 1. The van der Waals surface area contributed by atoms with Gasteiger partial charge < -0.3 is 5.32 Å². The summed E-state index contributed by atoms with van der Waals surface area (Å²) in [6.45, 7) is 6.96. The zero-order chi connectivity index (χ0) is 10.4. The highest BCUT2D eigenvalue weighted by Crippen LogP contribution is 2.26.